The summed E-state index contributed by atoms with van der Waals surface area (Å²) in [4.78, 5) is 0. The molecule has 0 saturated heterocycles. The summed E-state index contributed by atoms with van der Waals surface area (Å²) < 4.78 is 0. The second kappa shape index (κ2) is 15.9. The summed E-state index contributed by atoms with van der Waals surface area (Å²) in [6, 6.07) is 0. The Labute approximate surface area is 111 Å². The van der Waals surface area contributed by atoms with E-state index in [-0.39, 0.29) is 114 Å². The molecular formula is CuGdNdNi. The van der Waals surface area contributed by atoms with Gasteiger partial charge >= 0.3 is 0 Å². The van der Waals surface area contributed by atoms with E-state index < -0.39 is 0 Å². The van der Waals surface area contributed by atoms with Crippen molar-refractivity contribution in [1.82, 2.24) is 0 Å². The minimum Gasteiger partial charge on any atom is 0 e. The molecule has 0 aromatic rings. The molecule has 0 amide bonds. The van der Waals surface area contributed by atoms with Gasteiger partial charge in [0.1, 0.15) is 0 Å². The second-order valence-electron chi connectivity index (χ2n) is 0. The molecule has 1 radical (unpaired) electrons. The first kappa shape index (κ1) is 25.3. The molecule has 0 heterocycles. The van der Waals surface area contributed by atoms with Crippen LogP contribution in [0.3, 0.4) is 0 Å². The molecule has 0 fully saturated rings. The molecule has 0 saturated carbocycles. The van der Waals surface area contributed by atoms with Crippen molar-refractivity contribution in [3.05, 3.63) is 0 Å². The first-order chi connectivity index (χ1) is 0. The number of hydrogen-bond acceptors (Lipinski definition) is 0. The van der Waals surface area contributed by atoms with Gasteiger partial charge in [-0.2, -0.15) is 0 Å². The van der Waals surface area contributed by atoms with E-state index in [2.05, 4.69) is 0 Å². The molecule has 0 nitrogen and oxygen atoms in total. The van der Waals surface area contributed by atoms with Gasteiger partial charge in [0.15, 0.2) is 0 Å². The van der Waals surface area contributed by atoms with Crippen LogP contribution in [0.2, 0.25) is 0 Å². The van der Waals surface area contributed by atoms with E-state index in [0.717, 1.165) is 0 Å². The van der Waals surface area contributed by atoms with Crippen molar-refractivity contribution >= 4 is 0 Å². The summed E-state index contributed by atoms with van der Waals surface area (Å²) in [5.74, 6) is 0. The van der Waals surface area contributed by atoms with E-state index in [1.54, 1.807) is 0 Å². The van der Waals surface area contributed by atoms with Crippen LogP contribution in [0.25, 0.3) is 0 Å². The third-order valence-corrected chi connectivity index (χ3v) is 0. The smallest absolute Gasteiger partial charge is 0 e. The molecule has 0 atom stereocenters. The van der Waals surface area contributed by atoms with E-state index in [0.29, 0.717) is 0 Å². The minimum atomic E-state index is 0. The molecule has 4 heteroatoms. The Balaban J connectivity index is 0. The molecule has 0 aliphatic rings. The molecule has 0 bridgehead atoms. The third-order valence-electron chi connectivity index (χ3n) is 0. The quantitative estimate of drug-likeness (QED) is 0.481. The number of hydrogen-bond donors (Lipinski definition) is 0. The Morgan fingerprint density at radius 2 is 1.00 bits per heavy atom. The van der Waals surface area contributed by atoms with Crippen LogP contribution in [0, 0.1) is 80.8 Å². The minimum absolute atomic E-state index is 0. The van der Waals surface area contributed by atoms with Crippen LogP contribution in [0.15, 0.2) is 0 Å². The van der Waals surface area contributed by atoms with Gasteiger partial charge in [0, 0.05) is 114 Å². The summed E-state index contributed by atoms with van der Waals surface area (Å²) in [6.07, 6.45) is 0. The van der Waals surface area contributed by atoms with Gasteiger partial charge in [-0.3, -0.25) is 0 Å². The van der Waals surface area contributed by atoms with E-state index >= 15 is 0 Å². The van der Waals surface area contributed by atoms with Crippen LogP contribution >= 0.6 is 0 Å². The molecule has 0 rings (SSSR count). The Kier molecular flexibility index (Phi) is 101. The molecule has 0 aliphatic carbocycles. The van der Waals surface area contributed by atoms with Crippen molar-refractivity contribution in [2.24, 2.45) is 0 Å². The van der Waals surface area contributed by atoms with Gasteiger partial charge < -0.3 is 0 Å². The first-order valence-corrected chi connectivity index (χ1v) is 0. The summed E-state index contributed by atoms with van der Waals surface area (Å²) in [7, 11) is 0. The van der Waals surface area contributed by atoms with Crippen molar-refractivity contribution < 1.29 is 114 Å². The van der Waals surface area contributed by atoms with Gasteiger partial charge in [-0.05, 0) is 0 Å². The van der Waals surface area contributed by atoms with Gasteiger partial charge in [0.25, 0.3) is 0 Å². The zero-order valence-corrected chi connectivity index (χ0v) is 8.88. The molecule has 0 aliphatic heterocycles. The summed E-state index contributed by atoms with van der Waals surface area (Å²) in [5, 5.41) is 0. The topological polar surface area (TPSA) is 0 Å². The maximum Gasteiger partial charge on any atom is 0 e. The molecule has 0 aromatic heterocycles. The van der Waals surface area contributed by atoms with Crippen LogP contribution in [0.5, 0.6) is 0 Å². The molecule has 0 N–H and O–H groups in total. The van der Waals surface area contributed by atoms with Gasteiger partial charge in [-0.15, -0.1) is 0 Å². The molecule has 0 spiro atoms. The van der Waals surface area contributed by atoms with Crippen molar-refractivity contribution in [2.45, 2.75) is 0 Å². The average Bonchev–Trinajstić information content (AvgIpc) is 0. The maximum atomic E-state index is 0. The largest absolute Gasteiger partial charge is 0 e. The van der Waals surface area contributed by atoms with E-state index in [9.17, 15) is 0 Å². The molecule has 4 heavy (non-hydrogen) atoms. The molecule has 0 aromatic carbocycles. The van der Waals surface area contributed by atoms with Crippen LogP contribution in [-0.4, -0.2) is 0 Å². The third kappa shape index (κ3) is 9.19. The number of rotatable bonds is 0. The van der Waals surface area contributed by atoms with Gasteiger partial charge in [0.05, 0.1) is 0 Å². The molecular weight excluding hydrogens is 424 g/mol. The zero-order chi connectivity index (χ0) is 0. The normalized spacial score (nSPS) is 0. The molecule has 33 valence electrons. The predicted octanol–water partition coefficient (Wildman–Crippen LogP) is -0.00500. The van der Waals surface area contributed by atoms with Crippen molar-refractivity contribution in [1.29, 1.82) is 0 Å². The Hall–Kier alpha value is 3.69. The van der Waals surface area contributed by atoms with Crippen molar-refractivity contribution in [2.75, 3.05) is 0 Å². The fraction of sp³-hybridized carbons (Fsp3) is 0. The van der Waals surface area contributed by atoms with Crippen LogP contribution < -0.4 is 0 Å². The van der Waals surface area contributed by atoms with Crippen LogP contribution in [-0.2, 0) is 33.6 Å². The van der Waals surface area contributed by atoms with E-state index in [4.69, 9.17) is 0 Å². The first-order valence-electron chi connectivity index (χ1n) is 0. The van der Waals surface area contributed by atoms with E-state index in [1.165, 1.54) is 0 Å². The summed E-state index contributed by atoms with van der Waals surface area (Å²) in [5.41, 5.74) is 0. The van der Waals surface area contributed by atoms with Gasteiger partial charge in [-0.1, -0.05) is 0 Å². The van der Waals surface area contributed by atoms with Crippen LogP contribution in [0.4, 0.5) is 0 Å². The second-order valence-corrected chi connectivity index (χ2v) is 0. The van der Waals surface area contributed by atoms with Crippen molar-refractivity contribution in [3.63, 3.8) is 0 Å². The fourth-order valence-corrected chi connectivity index (χ4v) is 0. The fourth-order valence-electron chi connectivity index (χ4n) is 0. The van der Waals surface area contributed by atoms with Gasteiger partial charge in [0.2, 0.25) is 0 Å². The van der Waals surface area contributed by atoms with Gasteiger partial charge in [-0.25, -0.2) is 0 Å². The average molecular weight is 424 g/mol. The van der Waals surface area contributed by atoms with E-state index in [1.807, 2.05) is 0 Å². The Morgan fingerprint density at radius 1 is 1.00 bits per heavy atom. The SMILES string of the molecule is [Cu].[Gd].[Nd].[Ni]. The molecule has 0 unspecified atom stereocenters. The maximum absolute atomic E-state index is 0. The Bertz CT molecular complexity index is 8.00. The standard InChI is InChI=1S/Cu.Gd.Nd.Ni. The zero-order valence-electron chi connectivity index (χ0n) is 1.47. The van der Waals surface area contributed by atoms with Crippen molar-refractivity contribution in [3.8, 4) is 0 Å². The van der Waals surface area contributed by atoms with Crippen LogP contribution in [0.1, 0.15) is 0 Å². The Morgan fingerprint density at radius 3 is 1.00 bits per heavy atom. The summed E-state index contributed by atoms with van der Waals surface area (Å²) in [6.45, 7) is 0. The summed E-state index contributed by atoms with van der Waals surface area (Å²) >= 11 is 0. The monoisotopic (exact) mass is 421 g/mol. The predicted molar refractivity (Wildman–Crippen MR) is 0 cm³/mol.